The number of hydrogen-bond acceptors (Lipinski definition) is 4. The van der Waals surface area contributed by atoms with Crippen LogP contribution >= 0.6 is 0 Å². The lowest BCUT2D eigenvalue weighted by Gasteiger charge is -2.37. The van der Waals surface area contributed by atoms with Crippen LogP contribution in [0.25, 0.3) is 0 Å². The van der Waals surface area contributed by atoms with Gasteiger partial charge in [0.2, 0.25) is 0 Å². The van der Waals surface area contributed by atoms with Crippen molar-refractivity contribution in [3.63, 3.8) is 0 Å². The summed E-state index contributed by atoms with van der Waals surface area (Å²) in [6.45, 7) is 3.23. The third kappa shape index (κ3) is 4.68. The summed E-state index contributed by atoms with van der Waals surface area (Å²) in [5.41, 5.74) is 2.92. The molecule has 2 aromatic rings. The molecule has 3 rings (SSSR count). The lowest BCUT2D eigenvalue weighted by atomic mass is 10.0. The van der Waals surface area contributed by atoms with Crippen LogP contribution < -0.4 is 0 Å². The molecule has 1 saturated heterocycles. The second-order valence-corrected chi connectivity index (χ2v) is 6.95. The summed E-state index contributed by atoms with van der Waals surface area (Å²) in [5, 5.41) is 0. The van der Waals surface area contributed by atoms with Crippen LogP contribution in [0.15, 0.2) is 48.8 Å². The first kappa shape index (κ1) is 18.5. The molecule has 1 aromatic carbocycles. The number of carbonyl (C=O) groups is 1. The highest BCUT2D eigenvalue weighted by Gasteiger charge is 2.27. The summed E-state index contributed by atoms with van der Waals surface area (Å²) in [6.07, 6.45) is 5.59. The lowest BCUT2D eigenvalue weighted by molar-refractivity contribution is 0.0569. The molecule has 0 unspecified atom stereocenters. The second-order valence-electron chi connectivity index (χ2n) is 6.95. The highest BCUT2D eigenvalue weighted by Crippen LogP contribution is 2.21. The third-order valence-corrected chi connectivity index (χ3v) is 5.00. The zero-order valence-electron chi connectivity index (χ0n) is 15.6. The van der Waals surface area contributed by atoms with Crippen molar-refractivity contribution >= 4 is 5.91 Å². The van der Waals surface area contributed by atoms with Crippen molar-refractivity contribution in [2.75, 3.05) is 27.2 Å². The molecule has 2 heterocycles. The summed E-state index contributed by atoms with van der Waals surface area (Å²) in [5.74, 6) is 0.0975. The summed E-state index contributed by atoms with van der Waals surface area (Å²) in [6, 6.07) is 12.0. The maximum absolute atomic E-state index is 13.3. The lowest BCUT2D eigenvalue weighted by Crippen LogP contribution is -2.46. The Morgan fingerprint density at radius 1 is 1.12 bits per heavy atom. The fourth-order valence-corrected chi connectivity index (χ4v) is 3.43. The molecule has 5 nitrogen and oxygen atoms in total. The van der Waals surface area contributed by atoms with Crippen LogP contribution in [0.4, 0.5) is 0 Å². The molecule has 0 saturated carbocycles. The van der Waals surface area contributed by atoms with Crippen molar-refractivity contribution in [2.24, 2.45) is 0 Å². The molecule has 1 aliphatic heterocycles. The van der Waals surface area contributed by atoms with E-state index in [2.05, 4.69) is 16.9 Å². The zero-order valence-corrected chi connectivity index (χ0v) is 15.6. The molecule has 0 spiro atoms. The molecular weight excluding hydrogens is 326 g/mol. The summed E-state index contributed by atoms with van der Waals surface area (Å²) in [7, 11) is 3.81. The standard InChI is InChI=1S/C21H27N3O2/c1-23-13-9-20(10-14-23)24(15-17-7-11-22-12-8-17)21(25)19-5-3-18(4-6-19)16-26-2/h3-8,11-12,20H,9-10,13-16H2,1-2H3. The fourth-order valence-electron chi connectivity index (χ4n) is 3.43. The minimum Gasteiger partial charge on any atom is -0.380 e. The average Bonchev–Trinajstić information content (AvgIpc) is 2.68. The summed E-state index contributed by atoms with van der Waals surface area (Å²) >= 11 is 0. The van der Waals surface area contributed by atoms with Crippen LogP contribution in [0, 0.1) is 0 Å². The minimum absolute atomic E-state index is 0.0975. The fraction of sp³-hybridized carbons (Fsp3) is 0.429. The Hall–Kier alpha value is -2.24. The Balaban J connectivity index is 1.80. The first-order chi connectivity index (χ1) is 12.7. The number of nitrogens with zero attached hydrogens (tertiary/aromatic N) is 3. The Morgan fingerprint density at radius 3 is 2.38 bits per heavy atom. The van der Waals surface area contributed by atoms with Gasteiger partial charge in [0, 0.05) is 37.7 Å². The number of rotatable bonds is 6. The number of piperidine rings is 1. The van der Waals surface area contributed by atoms with E-state index in [1.807, 2.05) is 41.3 Å². The molecule has 5 heteroatoms. The van der Waals surface area contributed by atoms with Gasteiger partial charge in [-0.15, -0.1) is 0 Å². The van der Waals surface area contributed by atoms with Gasteiger partial charge in [0.05, 0.1) is 6.61 Å². The van der Waals surface area contributed by atoms with Gasteiger partial charge in [0.25, 0.3) is 5.91 Å². The van der Waals surface area contributed by atoms with Gasteiger partial charge < -0.3 is 14.5 Å². The molecule has 0 bridgehead atoms. The quantitative estimate of drug-likeness (QED) is 0.801. The van der Waals surface area contributed by atoms with E-state index in [1.54, 1.807) is 19.5 Å². The van der Waals surface area contributed by atoms with Crippen LogP contribution in [0.2, 0.25) is 0 Å². The highest BCUT2D eigenvalue weighted by atomic mass is 16.5. The van der Waals surface area contributed by atoms with E-state index >= 15 is 0 Å². The molecule has 26 heavy (non-hydrogen) atoms. The molecule has 0 N–H and O–H groups in total. The Bertz CT molecular complexity index is 695. The third-order valence-electron chi connectivity index (χ3n) is 5.00. The molecule has 0 radical (unpaired) electrons. The summed E-state index contributed by atoms with van der Waals surface area (Å²) in [4.78, 5) is 21.7. The number of ether oxygens (including phenoxy) is 1. The number of methoxy groups -OCH3 is 1. The van der Waals surface area contributed by atoms with Crippen LogP contribution in [0.1, 0.15) is 34.3 Å². The van der Waals surface area contributed by atoms with Gasteiger partial charge in [-0.2, -0.15) is 0 Å². The topological polar surface area (TPSA) is 45.7 Å². The van der Waals surface area contributed by atoms with Crippen LogP contribution in [0.3, 0.4) is 0 Å². The van der Waals surface area contributed by atoms with Gasteiger partial charge in [-0.3, -0.25) is 9.78 Å². The number of hydrogen-bond donors (Lipinski definition) is 0. The first-order valence-electron chi connectivity index (χ1n) is 9.13. The van der Waals surface area contributed by atoms with Gasteiger partial charge in [0.15, 0.2) is 0 Å². The van der Waals surface area contributed by atoms with E-state index < -0.39 is 0 Å². The van der Waals surface area contributed by atoms with Crippen LogP contribution in [-0.4, -0.2) is 54.0 Å². The monoisotopic (exact) mass is 353 g/mol. The van der Waals surface area contributed by atoms with Crippen molar-refractivity contribution in [1.29, 1.82) is 0 Å². The van der Waals surface area contributed by atoms with Crippen LogP contribution in [-0.2, 0) is 17.9 Å². The average molecular weight is 353 g/mol. The molecule has 138 valence electrons. The van der Waals surface area contributed by atoms with E-state index in [9.17, 15) is 4.79 Å². The van der Waals surface area contributed by atoms with Crippen LogP contribution in [0.5, 0.6) is 0 Å². The second kappa shape index (κ2) is 8.92. The number of pyridine rings is 1. The Kier molecular flexibility index (Phi) is 6.36. The number of likely N-dealkylation sites (tertiary alicyclic amines) is 1. The Morgan fingerprint density at radius 2 is 1.77 bits per heavy atom. The highest BCUT2D eigenvalue weighted by molar-refractivity contribution is 5.94. The van der Waals surface area contributed by atoms with Crippen molar-refractivity contribution in [3.8, 4) is 0 Å². The van der Waals surface area contributed by atoms with E-state index in [0.29, 0.717) is 13.2 Å². The molecule has 0 atom stereocenters. The largest absolute Gasteiger partial charge is 0.380 e. The van der Waals surface area contributed by atoms with Gasteiger partial charge >= 0.3 is 0 Å². The predicted molar refractivity (Wildman–Crippen MR) is 102 cm³/mol. The normalized spacial score (nSPS) is 15.8. The van der Waals surface area contributed by atoms with E-state index in [4.69, 9.17) is 4.74 Å². The number of amides is 1. The number of aromatic nitrogens is 1. The zero-order chi connectivity index (χ0) is 18.4. The first-order valence-corrected chi connectivity index (χ1v) is 9.13. The smallest absolute Gasteiger partial charge is 0.254 e. The van der Waals surface area contributed by atoms with Crippen molar-refractivity contribution in [3.05, 3.63) is 65.5 Å². The SMILES string of the molecule is COCc1ccc(C(=O)N(Cc2ccncc2)C2CCN(C)CC2)cc1. The van der Waals surface area contributed by atoms with Gasteiger partial charge in [-0.05, 0) is 68.4 Å². The van der Waals surface area contributed by atoms with Crippen molar-refractivity contribution < 1.29 is 9.53 Å². The molecule has 1 aliphatic rings. The molecular formula is C21H27N3O2. The molecule has 1 fully saturated rings. The molecule has 1 amide bonds. The number of carbonyl (C=O) groups excluding carboxylic acids is 1. The van der Waals surface area contributed by atoms with Gasteiger partial charge in [-0.1, -0.05) is 12.1 Å². The Labute approximate surface area is 155 Å². The molecule has 0 aliphatic carbocycles. The predicted octanol–water partition coefficient (Wildman–Crippen LogP) is 2.96. The summed E-state index contributed by atoms with van der Waals surface area (Å²) < 4.78 is 5.15. The van der Waals surface area contributed by atoms with Gasteiger partial charge in [-0.25, -0.2) is 0 Å². The minimum atomic E-state index is 0.0975. The van der Waals surface area contributed by atoms with Crippen molar-refractivity contribution in [2.45, 2.75) is 32.0 Å². The van der Waals surface area contributed by atoms with Gasteiger partial charge in [0.1, 0.15) is 0 Å². The maximum atomic E-state index is 13.3. The van der Waals surface area contributed by atoms with Crippen molar-refractivity contribution in [1.82, 2.24) is 14.8 Å². The number of benzene rings is 1. The van der Waals surface area contributed by atoms with E-state index in [-0.39, 0.29) is 11.9 Å². The maximum Gasteiger partial charge on any atom is 0.254 e. The molecule has 1 aromatic heterocycles. The van der Waals surface area contributed by atoms with E-state index in [0.717, 1.165) is 42.6 Å². The van der Waals surface area contributed by atoms with E-state index in [1.165, 1.54) is 0 Å².